The Morgan fingerprint density at radius 2 is 2.12 bits per heavy atom. The quantitative estimate of drug-likeness (QED) is 0.406. The fourth-order valence-electron chi connectivity index (χ4n) is 3.20. The molecule has 25 heavy (non-hydrogen) atoms. The van der Waals surface area contributed by atoms with E-state index in [1.165, 1.54) is 13.2 Å². The van der Waals surface area contributed by atoms with Gasteiger partial charge in [0, 0.05) is 44.9 Å². The van der Waals surface area contributed by atoms with Gasteiger partial charge in [0.1, 0.15) is 0 Å². The van der Waals surface area contributed by atoms with E-state index in [0.717, 1.165) is 25.6 Å². The SMILES string of the molecule is CCOCCN1CCN(c2cc(OC)c([N+](=O)[O-])cc2F)C[C@@H]1CC. The molecule has 0 unspecified atom stereocenters. The van der Waals surface area contributed by atoms with E-state index >= 15 is 0 Å². The van der Waals surface area contributed by atoms with Gasteiger partial charge in [-0.1, -0.05) is 6.92 Å². The van der Waals surface area contributed by atoms with Gasteiger partial charge in [0.05, 0.1) is 30.4 Å². The maximum absolute atomic E-state index is 14.5. The van der Waals surface area contributed by atoms with Crippen LogP contribution in [0.2, 0.25) is 0 Å². The summed E-state index contributed by atoms with van der Waals surface area (Å²) in [4.78, 5) is 14.7. The number of hydrogen-bond acceptors (Lipinski definition) is 6. The van der Waals surface area contributed by atoms with E-state index in [1.54, 1.807) is 0 Å². The van der Waals surface area contributed by atoms with Crippen LogP contribution < -0.4 is 9.64 Å². The number of nitro benzene ring substituents is 1. The van der Waals surface area contributed by atoms with Gasteiger partial charge in [0.2, 0.25) is 0 Å². The van der Waals surface area contributed by atoms with Gasteiger partial charge in [-0.25, -0.2) is 4.39 Å². The molecule has 2 rings (SSSR count). The molecule has 1 aromatic carbocycles. The molecule has 0 aliphatic carbocycles. The smallest absolute Gasteiger partial charge is 0.313 e. The molecular formula is C17H26FN3O4. The first-order valence-corrected chi connectivity index (χ1v) is 8.60. The summed E-state index contributed by atoms with van der Waals surface area (Å²) in [7, 11) is 1.35. The third-order valence-electron chi connectivity index (χ3n) is 4.59. The maximum Gasteiger partial charge on any atom is 0.313 e. The molecule has 0 saturated carbocycles. The highest BCUT2D eigenvalue weighted by molar-refractivity contribution is 5.60. The first kappa shape index (κ1) is 19.4. The highest BCUT2D eigenvalue weighted by Gasteiger charge is 2.29. The van der Waals surface area contributed by atoms with Gasteiger partial charge in [-0.15, -0.1) is 0 Å². The van der Waals surface area contributed by atoms with Crippen molar-refractivity contribution < 1.29 is 18.8 Å². The molecule has 1 aliphatic rings. The summed E-state index contributed by atoms with van der Waals surface area (Å²) < 4.78 is 25.0. The number of hydrogen-bond donors (Lipinski definition) is 0. The Bertz CT molecular complexity index is 600. The van der Waals surface area contributed by atoms with Crippen LogP contribution in [0.15, 0.2) is 12.1 Å². The lowest BCUT2D eigenvalue weighted by Gasteiger charge is -2.42. The van der Waals surface area contributed by atoms with Crippen molar-refractivity contribution in [2.45, 2.75) is 26.3 Å². The fraction of sp³-hybridized carbons (Fsp3) is 0.647. The first-order valence-electron chi connectivity index (χ1n) is 8.60. The molecule has 1 fully saturated rings. The largest absolute Gasteiger partial charge is 0.490 e. The van der Waals surface area contributed by atoms with E-state index in [-0.39, 0.29) is 17.5 Å². The number of rotatable bonds is 8. The number of halogens is 1. The molecule has 0 bridgehead atoms. The van der Waals surface area contributed by atoms with Gasteiger partial charge < -0.3 is 14.4 Å². The van der Waals surface area contributed by atoms with Gasteiger partial charge >= 0.3 is 5.69 Å². The summed E-state index contributed by atoms with van der Waals surface area (Å²) in [6.07, 6.45) is 0.939. The lowest BCUT2D eigenvalue weighted by atomic mass is 10.1. The Kier molecular flexibility index (Phi) is 6.95. The summed E-state index contributed by atoms with van der Waals surface area (Å²) >= 11 is 0. The van der Waals surface area contributed by atoms with E-state index in [0.29, 0.717) is 32.0 Å². The van der Waals surface area contributed by atoms with Crippen molar-refractivity contribution in [2.75, 3.05) is 51.4 Å². The summed E-state index contributed by atoms with van der Waals surface area (Å²) in [5.41, 5.74) is -0.00324. The van der Waals surface area contributed by atoms with Gasteiger partial charge in [0.15, 0.2) is 11.6 Å². The molecule has 8 heteroatoms. The lowest BCUT2D eigenvalue weighted by molar-refractivity contribution is -0.385. The summed E-state index contributed by atoms with van der Waals surface area (Å²) in [6, 6.07) is 2.65. The minimum absolute atomic E-state index is 0.0771. The molecule has 1 saturated heterocycles. The fourth-order valence-corrected chi connectivity index (χ4v) is 3.20. The number of nitrogens with zero attached hydrogens (tertiary/aromatic N) is 3. The molecular weight excluding hydrogens is 329 g/mol. The first-order chi connectivity index (χ1) is 12.0. The molecule has 1 aromatic rings. The minimum atomic E-state index is -0.633. The zero-order chi connectivity index (χ0) is 18.4. The van der Waals surface area contributed by atoms with E-state index in [9.17, 15) is 14.5 Å². The zero-order valence-electron chi connectivity index (χ0n) is 15.0. The maximum atomic E-state index is 14.5. The molecule has 0 spiro atoms. The number of nitro groups is 1. The van der Waals surface area contributed by atoms with Crippen LogP contribution in [0, 0.1) is 15.9 Å². The normalized spacial score (nSPS) is 18.4. The number of benzene rings is 1. The highest BCUT2D eigenvalue weighted by Crippen LogP contribution is 2.35. The minimum Gasteiger partial charge on any atom is -0.490 e. The molecule has 140 valence electrons. The van der Waals surface area contributed by atoms with Gasteiger partial charge in [-0.05, 0) is 13.3 Å². The van der Waals surface area contributed by atoms with Gasteiger partial charge in [-0.3, -0.25) is 15.0 Å². The van der Waals surface area contributed by atoms with Gasteiger partial charge in [-0.2, -0.15) is 0 Å². The molecule has 1 atom stereocenters. The molecule has 1 aliphatic heterocycles. The number of piperazine rings is 1. The average molecular weight is 355 g/mol. The highest BCUT2D eigenvalue weighted by atomic mass is 19.1. The molecule has 0 N–H and O–H groups in total. The molecule has 7 nitrogen and oxygen atoms in total. The Labute approximate surface area is 147 Å². The number of ether oxygens (including phenoxy) is 2. The molecule has 0 amide bonds. The Balaban J connectivity index is 2.16. The lowest BCUT2D eigenvalue weighted by Crippen LogP contribution is -2.54. The molecule has 0 aromatic heterocycles. The van der Waals surface area contributed by atoms with Crippen LogP contribution in [0.1, 0.15) is 20.3 Å². The van der Waals surface area contributed by atoms with Crippen LogP contribution in [0.4, 0.5) is 15.8 Å². The van der Waals surface area contributed by atoms with Crippen molar-refractivity contribution in [3.8, 4) is 5.75 Å². The monoisotopic (exact) mass is 355 g/mol. The van der Waals surface area contributed by atoms with E-state index in [2.05, 4.69) is 11.8 Å². The third kappa shape index (κ3) is 4.58. The van der Waals surface area contributed by atoms with Gasteiger partial charge in [0.25, 0.3) is 0 Å². The summed E-state index contributed by atoms with van der Waals surface area (Å²) in [6.45, 7) is 8.43. The second-order valence-electron chi connectivity index (χ2n) is 5.97. The van der Waals surface area contributed by atoms with Crippen LogP contribution in [-0.2, 0) is 4.74 Å². The van der Waals surface area contributed by atoms with Crippen LogP contribution >= 0.6 is 0 Å². The zero-order valence-corrected chi connectivity index (χ0v) is 15.0. The standard InChI is InChI=1S/C17H26FN3O4/c1-4-13-12-20(7-6-19(13)8-9-25-5-2)15-11-17(24-3)16(21(22)23)10-14(15)18/h10-11,13H,4-9,12H2,1-3H3/t13-/m0/s1. The topological polar surface area (TPSA) is 68.1 Å². The Morgan fingerprint density at radius 3 is 2.72 bits per heavy atom. The van der Waals surface area contributed by atoms with Crippen LogP contribution in [0.3, 0.4) is 0 Å². The van der Waals surface area contributed by atoms with Crippen molar-refractivity contribution in [3.05, 3.63) is 28.1 Å². The predicted octanol–water partition coefficient (Wildman–Crippen LogP) is 2.68. The molecule has 0 radical (unpaired) electrons. The van der Waals surface area contributed by atoms with E-state index < -0.39 is 10.7 Å². The summed E-state index contributed by atoms with van der Waals surface area (Å²) in [5.74, 6) is -0.515. The van der Waals surface area contributed by atoms with Crippen LogP contribution in [0.5, 0.6) is 5.75 Å². The van der Waals surface area contributed by atoms with Crippen molar-refractivity contribution in [1.82, 2.24) is 4.90 Å². The Hall–Kier alpha value is -1.93. The molecule has 1 heterocycles. The van der Waals surface area contributed by atoms with Crippen molar-refractivity contribution >= 4 is 11.4 Å². The van der Waals surface area contributed by atoms with Crippen molar-refractivity contribution in [1.29, 1.82) is 0 Å². The van der Waals surface area contributed by atoms with Crippen molar-refractivity contribution in [3.63, 3.8) is 0 Å². The van der Waals surface area contributed by atoms with Crippen LogP contribution in [0.25, 0.3) is 0 Å². The van der Waals surface area contributed by atoms with Crippen LogP contribution in [-0.4, -0.2) is 62.4 Å². The number of anilines is 1. The summed E-state index contributed by atoms with van der Waals surface area (Å²) in [5, 5.41) is 11.0. The van der Waals surface area contributed by atoms with E-state index in [1.807, 2.05) is 11.8 Å². The average Bonchev–Trinajstić information content (AvgIpc) is 2.61. The second kappa shape index (κ2) is 8.96. The Morgan fingerprint density at radius 1 is 1.36 bits per heavy atom. The third-order valence-corrected chi connectivity index (χ3v) is 4.59. The second-order valence-corrected chi connectivity index (χ2v) is 5.97. The number of methoxy groups -OCH3 is 1. The van der Waals surface area contributed by atoms with Crippen molar-refractivity contribution in [2.24, 2.45) is 0 Å². The van der Waals surface area contributed by atoms with E-state index in [4.69, 9.17) is 9.47 Å². The predicted molar refractivity (Wildman–Crippen MR) is 94.0 cm³/mol.